The number of aliphatic hydroxyl groups excluding tert-OH is 4. The average Bonchev–Trinajstić information content (AvgIpc) is 2.46. The Morgan fingerprint density at radius 2 is 1.50 bits per heavy atom. The first-order valence-corrected chi connectivity index (χ1v) is 6.05. The fraction of sp³-hybridized carbons (Fsp3) is 0.500. The van der Waals surface area contributed by atoms with Crippen LogP contribution < -0.4 is 4.90 Å². The van der Waals surface area contributed by atoms with Crippen LogP contribution in [0.25, 0.3) is 0 Å². The van der Waals surface area contributed by atoms with Crippen molar-refractivity contribution in [1.82, 2.24) is 0 Å². The Morgan fingerprint density at radius 3 is 1.85 bits per heavy atom. The van der Waals surface area contributed by atoms with Crippen LogP contribution in [0.15, 0.2) is 24.3 Å². The Morgan fingerprint density at radius 1 is 1.05 bits per heavy atom. The van der Waals surface area contributed by atoms with Gasteiger partial charge in [0.05, 0.1) is 30.3 Å². The first-order chi connectivity index (χ1) is 9.47. The second-order valence-corrected chi connectivity index (χ2v) is 4.35. The van der Waals surface area contributed by atoms with Gasteiger partial charge in [0.25, 0.3) is 5.69 Å². The van der Waals surface area contributed by atoms with E-state index in [9.17, 15) is 20.3 Å². The van der Waals surface area contributed by atoms with Crippen molar-refractivity contribution in [3.05, 3.63) is 34.4 Å². The number of benzene rings is 1. The Bertz CT molecular complexity index is 412. The molecule has 8 nitrogen and oxygen atoms in total. The molecule has 0 heterocycles. The van der Waals surface area contributed by atoms with Crippen LogP contribution in [0.5, 0.6) is 0 Å². The fourth-order valence-corrected chi connectivity index (χ4v) is 1.69. The standard InChI is InChI=1S/C12H18N2O6/c15-7-11(17)5-13(6-12(18)8-16)9-1-3-10(4-2-9)14(19)20/h1-4,11-12,15-18H,5-8H2. The number of anilines is 1. The highest BCUT2D eigenvalue weighted by molar-refractivity contribution is 5.51. The van der Waals surface area contributed by atoms with Crippen LogP contribution in [0.3, 0.4) is 0 Å². The van der Waals surface area contributed by atoms with E-state index in [0.717, 1.165) is 0 Å². The molecule has 112 valence electrons. The molecule has 1 aromatic carbocycles. The summed E-state index contributed by atoms with van der Waals surface area (Å²) in [5.74, 6) is 0. The zero-order valence-corrected chi connectivity index (χ0v) is 10.8. The topological polar surface area (TPSA) is 127 Å². The minimum absolute atomic E-state index is 0.0331. The zero-order valence-electron chi connectivity index (χ0n) is 10.8. The highest BCUT2D eigenvalue weighted by Crippen LogP contribution is 2.20. The molecular formula is C12H18N2O6. The van der Waals surface area contributed by atoms with Crippen LogP contribution in [0, 0.1) is 10.1 Å². The summed E-state index contributed by atoms with van der Waals surface area (Å²) >= 11 is 0. The van der Waals surface area contributed by atoms with Gasteiger partial charge in [-0.25, -0.2) is 0 Å². The number of hydrogen-bond donors (Lipinski definition) is 4. The normalized spacial score (nSPS) is 13.8. The Hall–Kier alpha value is -1.74. The molecule has 0 fully saturated rings. The Labute approximate surface area is 115 Å². The molecule has 0 radical (unpaired) electrons. The molecule has 1 aromatic rings. The molecule has 2 atom stereocenters. The molecule has 0 aliphatic rings. The third-order valence-electron chi connectivity index (χ3n) is 2.71. The van der Waals surface area contributed by atoms with Crippen LogP contribution in [-0.2, 0) is 0 Å². The van der Waals surface area contributed by atoms with Gasteiger partial charge in [0.15, 0.2) is 0 Å². The summed E-state index contributed by atoms with van der Waals surface area (Å²) in [5, 5.41) is 47.2. The maximum Gasteiger partial charge on any atom is 0.269 e. The first-order valence-electron chi connectivity index (χ1n) is 6.05. The number of hydrogen-bond acceptors (Lipinski definition) is 7. The second-order valence-electron chi connectivity index (χ2n) is 4.35. The lowest BCUT2D eigenvalue weighted by Crippen LogP contribution is -2.40. The summed E-state index contributed by atoms with van der Waals surface area (Å²) in [6.07, 6.45) is -2.04. The van der Waals surface area contributed by atoms with Gasteiger partial charge in [0, 0.05) is 30.9 Å². The third kappa shape index (κ3) is 4.74. The molecule has 0 aliphatic carbocycles. The van der Waals surface area contributed by atoms with Crippen molar-refractivity contribution in [3.63, 3.8) is 0 Å². The molecule has 8 heteroatoms. The Kier molecular flexibility index (Phi) is 6.32. The van der Waals surface area contributed by atoms with Crippen molar-refractivity contribution in [1.29, 1.82) is 0 Å². The maximum absolute atomic E-state index is 10.6. The summed E-state index contributed by atoms with van der Waals surface area (Å²) < 4.78 is 0. The van der Waals surface area contributed by atoms with E-state index in [1.807, 2.05) is 0 Å². The van der Waals surface area contributed by atoms with Gasteiger partial charge in [0.2, 0.25) is 0 Å². The molecular weight excluding hydrogens is 268 g/mol. The highest BCUT2D eigenvalue weighted by atomic mass is 16.6. The van der Waals surface area contributed by atoms with Crippen molar-refractivity contribution in [3.8, 4) is 0 Å². The van der Waals surface area contributed by atoms with E-state index in [0.29, 0.717) is 5.69 Å². The van der Waals surface area contributed by atoms with Gasteiger partial charge in [-0.2, -0.15) is 0 Å². The van der Waals surface area contributed by atoms with Gasteiger partial charge in [-0.3, -0.25) is 10.1 Å². The van der Waals surface area contributed by atoms with E-state index in [1.165, 1.54) is 29.2 Å². The summed E-state index contributed by atoms with van der Waals surface area (Å²) in [6.45, 7) is -0.825. The van der Waals surface area contributed by atoms with E-state index in [1.54, 1.807) is 0 Å². The van der Waals surface area contributed by atoms with Gasteiger partial charge < -0.3 is 25.3 Å². The molecule has 4 N–H and O–H groups in total. The lowest BCUT2D eigenvalue weighted by Gasteiger charge is -2.28. The minimum Gasteiger partial charge on any atom is -0.394 e. The van der Waals surface area contributed by atoms with Gasteiger partial charge in [-0.1, -0.05) is 0 Å². The number of rotatable bonds is 8. The zero-order chi connectivity index (χ0) is 15.1. The fourth-order valence-electron chi connectivity index (χ4n) is 1.69. The summed E-state index contributed by atoms with van der Waals surface area (Å²) in [4.78, 5) is 11.6. The van der Waals surface area contributed by atoms with Crippen molar-refractivity contribution in [2.45, 2.75) is 12.2 Å². The highest BCUT2D eigenvalue weighted by Gasteiger charge is 2.16. The molecule has 0 aliphatic heterocycles. The molecule has 1 rings (SSSR count). The molecule has 0 bridgehead atoms. The molecule has 0 saturated carbocycles. The summed E-state index contributed by atoms with van der Waals surface area (Å²) in [7, 11) is 0. The van der Waals surface area contributed by atoms with E-state index in [2.05, 4.69) is 0 Å². The largest absolute Gasteiger partial charge is 0.394 e. The van der Waals surface area contributed by atoms with Crippen molar-refractivity contribution < 1.29 is 25.3 Å². The van der Waals surface area contributed by atoms with Gasteiger partial charge in [0.1, 0.15) is 0 Å². The van der Waals surface area contributed by atoms with Gasteiger partial charge >= 0.3 is 0 Å². The second kappa shape index (κ2) is 7.75. The third-order valence-corrected chi connectivity index (χ3v) is 2.71. The predicted octanol–water partition coefficient (Wildman–Crippen LogP) is -0.892. The van der Waals surface area contributed by atoms with Gasteiger partial charge in [-0.05, 0) is 12.1 Å². The summed E-state index contributed by atoms with van der Waals surface area (Å²) in [6, 6.07) is 5.57. The number of aliphatic hydroxyl groups is 4. The van der Waals surface area contributed by atoms with Crippen LogP contribution in [0.1, 0.15) is 0 Å². The lowest BCUT2D eigenvalue weighted by molar-refractivity contribution is -0.384. The van der Waals surface area contributed by atoms with Crippen LogP contribution in [0.2, 0.25) is 0 Å². The average molecular weight is 286 g/mol. The number of nitrogens with zero attached hydrogens (tertiary/aromatic N) is 2. The maximum atomic E-state index is 10.6. The number of nitro groups is 1. The van der Waals surface area contributed by atoms with Crippen LogP contribution in [0.4, 0.5) is 11.4 Å². The molecule has 2 unspecified atom stereocenters. The van der Waals surface area contributed by atoms with Crippen molar-refractivity contribution in [2.24, 2.45) is 0 Å². The molecule has 0 spiro atoms. The monoisotopic (exact) mass is 286 g/mol. The van der Waals surface area contributed by atoms with E-state index < -0.39 is 30.3 Å². The molecule has 0 aromatic heterocycles. The number of nitro benzene ring substituents is 1. The smallest absolute Gasteiger partial charge is 0.269 e. The van der Waals surface area contributed by atoms with Gasteiger partial charge in [-0.15, -0.1) is 0 Å². The molecule has 20 heavy (non-hydrogen) atoms. The lowest BCUT2D eigenvalue weighted by atomic mass is 10.2. The van der Waals surface area contributed by atoms with Crippen LogP contribution >= 0.6 is 0 Å². The quantitative estimate of drug-likeness (QED) is 0.360. The predicted molar refractivity (Wildman–Crippen MR) is 71.5 cm³/mol. The summed E-state index contributed by atoms with van der Waals surface area (Å²) in [5.41, 5.74) is 0.467. The SMILES string of the molecule is O=[N+]([O-])c1ccc(N(CC(O)CO)CC(O)CO)cc1. The van der Waals surface area contributed by atoms with Crippen molar-refractivity contribution >= 4 is 11.4 Å². The van der Waals surface area contributed by atoms with Crippen LogP contribution in [-0.4, -0.2) is 63.9 Å². The first kappa shape index (κ1) is 16.3. The van der Waals surface area contributed by atoms with E-state index in [-0.39, 0.29) is 18.8 Å². The minimum atomic E-state index is -1.02. The van der Waals surface area contributed by atoms with Crippen molar-refractivity contribution in [2.75, 3.05) is 31.2 Å². The Balaban J connectivity index is 2.87. The van der Waals surface area contributed by atoms with E-state index >= 15 is 0 Å². The molecule has 0 amide bonds. The van der Waals surface area contributed by atoms with E-state index in [4.69, 9.17) is 10.2 Å². The number of non-ortho nitro benzene ring substituents is 1. The molecule has 0 saturated heterocycles.